The van der Waals surface area contributed by atoms with Crippen LogP contribution in [0.2, 0.25) is 0 Å². The Balaban J connectivity index is 3.14. The minimum Gasteiger partial charge on any atom is -0.478 e. The summed E-state index contributed by atoms with van der Waals surface area (Å²) in [6.45, 7) is 0. The lowest BCUT2D eigenvalue weighted by Gasteiger charge is -1.86. The van der Waals surface area contributed by atoms with Crippen LogP contribution in [-0.2, 0) is 12.8 Å². The molecule has 0 radical (unpaired) electrons. The third-order valence-corrected chi connectivity index (χ3v) is 0.266. The largest absolute Gasteiger partial charge is 0.478 e. The van der Waals surface area contributed by atoms with Gasteiger partial charge in [0.05, 0.1) is 5.22 Å². The van der Waals surface area contributed by atoms with Gasteiger partial charge in [0.15, 0.2) is 5.22 Å². The zero-order valence-corrected chi connectivity index (χ0v) is 4.05. The highest BCUT2D eigenvalue weighted by atomic mass is 32.1. The lowest BCUT2D eigenvalue weighted by Crippen LogP contribution is -2.13. The van der Waals surface area contributed by atoms with Crippen molar-refractivity contribution in [3.63, 3.8) is 0 Å². The minimum atomic E-state index is -0.0453. The van der Waals surface area contributed by atoms with Crippen LogP contribution in [0.15, 0.2) is 10.4 Å². The van der Waals surface area contributed by atoms with Crippen molar-refractivity contribution in [2.24, 2.45) is 16.3 Å². The fourth-order valence-corrected chi connectivity index (χ4v) is 0.0988. The Morgan fingerprint density at radius 1 is 1.86 bits per heavy atom. The van der Waals surface area contributed by atoms with Gasteiger partial charge in [-0.25, -0.2) is 0 Å². The topological polar surface area (TPSA) is 82.8 Å². The third kappa shape index (κ3) is 5.02. The summed E-state index contributed by atoms with van der Waals surface area (Å²) in [5.74, 6) is 4.46. The predicted octanol–water partition coefficient (Wildman–Crippen LogP) is -1.03. The monoisotopic (exact) mass is 121 g/mol. The van der Waals surface area contributed by atoms with E-state index >= 15 is 0 Å². The summed E-state index contributed by atoms with van der Waals surface area (Å²) < 4.78 is -0.0453. The summed E-state index contributed by atoms with van der Waals surface area (Å²) in [6.07, 6.45) is 0. The predicted molar refractivity (Wildman–Crippen MR) is 23.2 cm³/mol. The van der Waals surface area contributed by atoms with Crippen molar-refractivity contribution in [2.75, 3.05) is 0 Å². The molecule has 3 N–H and O–H groups in total. The van der Waals surface area contributed by atoms with Crippen LogP contribution in [0.1, 0.15) is 0 Å². The molecule has 0 bridgehead atoms. The number of hydrogen-bond donors (Lipinski definition) is 2. The van der Waals surface area contributed by atoms with E-state index in [0.29, 0.717) is 0 Å². The van der Waals surface area contributed by atoms with E-state index in [9.17, 15) is 4.91 Å². The van der Waals surface area contributed by atoms with Crippen molar-refractivity contribution >= 4 is 12.8 Å². The van der Waals surface area contributed by atoms with Crippen molar-refractivity contribution in [3.8, 4) is 0 Å². The number of nitroso groups, excluding NO2 is 1. The molecule has 7 heteroatoms. The molecule has 0 heterocycles. The summed E-state index contributed by atoms with van der Waals surface area (Å²) in [5.41, 5.74) is 1.72. The molecule has 0 aromatic heterocycles. The van der Waals surface area contributed by atoms with Gasteiger partial charge >= 0.3 is 0 Å². The Bertz CT molecular complexity index is 86.1. The van der Waals surface area contributed by atoms with Crippen LogP contribution in [0.3, 0.4) is 0 Å². The van der Waals surface area contributed by atoms with E-state index in [1.54, 1.807) is 5.53 Å². The van der Waals surface area contributed by atoms with E-state index in [1.165, 1.54) is 0 Å². The Labute approximate surface area is 44.8 Å². The summed E-state index contributed by atoms with van der Waals surface area (Å²) >= 11 is 3.90. The average Bonchev–Trinajstić information content (AvgIpc) is 1.61. The molecular formula is H3N5OS. The van der Waals surface area contributed by atoms with Gasteiger partial charge < -0.3 is 12.8 Å². The number of nitrogens with one attached hydrogen (secondary N) is 1. The Morgan fingerprint density at radius 2 is 2.43 bits per heavy atom. The number of hydrazine groups is 1. The summed E-state index contributed by atoms with van der Waals surface area (Å²) in [7, 11) is 0. The first-order valence-electron chi connectivity index (χ1n) is 1.27. The van der Waals surface area contributed by atoms with Crippen molar-refractivity contribution in [2.45, 2.75) is 0 Å². The molecular weight excluding hydrogens is 118 g/mol. The van der Waals surface area contributed by atoms with Gasteiger partial charge in [0.2, 0.25) is 0 Å². The third-order valence-electron chi connectivity index (χ3n) is 0.184. The van der Waals surface area contributed by atoms with Crippen LogP contribution in [0, 0.1) is 4.91 Å². The van der Waals surface area contributed by atoms with E-state index < -0.39 is 0 Å². The molecule has 0 spiro atoms. The van der Waals surface area contributed by atoms with Crippen LogP contribution in [-0.4, -0.2) is 4.27 Å². The number of rotatable bonds is 2. The standard InChI is InChI=1S/H3N5OS/c1-2-3-4-5(6)7/h(H2,1,3)(H,2,4,6,7). The van der Waals surface area contributed by atoms with Gasteiger partial charge in [-0.1, -0.05) is 9.18 Å². The molecule has 0 aliphatic carbocycles. The normalized spacial score (nSPS) is 9.14. The first-order valence-corrected chi connectivity index (χ1v) is 1.64. The molecule has 0 amide bonds. The second-order valence-electron chi connectivity index (χ2n) is 0.573. The fraction of sp³-hybridized carbons (Fsp3) is 0. The van der Waals surface area contributed by atoms with Crippen LogP contribution < -0.4 is 11.4 Å². The van der Waals surface area contributed by atoms with E-state index in [4.69, 9.17) is 0 Å². The number of nitrogens with zero attached hydrogens (tertiary/aromatic N) is 3. The molecule has 0 atom stereocenters. The highest BCUT2D eigenvalue weighted by molar-refractivity contribution is 7.51. The molecule has 0 aliphatic heterocycles. The van der Waals surface area contributed by atoms with Crippen molar-refractivity contribution < 1.29 is 4.27 Å². The molecule has 0 saturated carbocycles. The van der Waals surface area contributed by atoms with Gasteiger partial charge in [0.1, 0.15) is 0 Å². The van der Waals surface area contributed by atoms with Gasteiger partial charge in [-0.05, 0) is 5.53 Å². The molecule has 0 fully saturated rings. The first kappa shape index (κ1) is 6.02. The smallest absolute Gasteiger partial charge is 0.191 e. The van der Waals surface area contributed by atoms with Crippen molar-refractivity contribution in [3.05, 3.63) is 4.91 Å². The first-order chi connectivity index (χ1) is 3.27. The van der Waals surface area contributed by atoms with E-state index in [2.05, 4.69) is 29.1 Å². The maximum atomic E-state index is 9.61. The summed E-state index contributed by atoms with van der Waals surface area (Å²) in [6, 6.07) is 0. The highest BCUT2D eigenvalue weighted by Gasteiger charge is 1.76. The molecule has 0 aliphatic rings. The van der Waals surface area contributed by atoms with Crippen LogP contribution in [0.25, 0.3) is 0 Å². The Hall–Kier alpha value is -0.980. The molecule has 0 aromatic carbocycles. The van der Waals surface area contributed by atoms with Gasteiger partial charge in [-0.3, -0.25) is 5.84 Å². The van der Waals surface area contributed by atoms with Crippen LogP contribution in [0.5, 0.6) is 0 Å². The van der Waals surface area contributed by atoms with Crippen LogP contribution in [0.4, 0.5) is 0 Å². The van der Waals surface area contributed by atoms with Gasteiger partial charge in [0, 0.05) is 0 Å². The summed E-state index contributed by atoms with van der Waals surface area (Å²) in [4.78, 5) is 9.61. The van der Waals surface area contributed by atoms with E-state index in [0.717, 1.165) is 0 Å². The number of hydrogen-bond acceptors (Lipinski definition) is 4. The molecule has 0 rings (SSSR count). The maximum Gasteiger partial charge on any atom is 0.191 e. The Morgan fingerprint density at radius 3 is 2.57 bits per heavy atom. The number of nitrogens with two attached hydrogens (primary N) is 1. The average molecular weight is 121 g/mol. The molecule has 0 saturated heterocycles. The van der Waals surface area contributed by atoms with E-state index in [-0.39, 0.29) is 4.27 Å². The zero-order valence-electron chi connectivity index (χ0n) is 3.24. The minimum absolute atomic E-state index is 0.0453. The van der Waals surface area contributed by atoms with Crippen molar-refractivity contribution in [1.29, 1.82) is 0 Å². The highest BCUT2D eigenvalue weighted by Crippen LogP contribution is 1.55. The molecule has 40 valence electrons. The molecule has 0 aromatic rings. The van der Waals surface area contributed by atoms with Gasteiger partial charge in [-0.2, -0.15) is 0 Å². The van der Waals surface area contributed by atoms with Gasteiger partial charge in [-0.15, -0.1) is 0 Å². The summed E-state index contributed by atoms with van der Waals surface area (Å²) in [5, 5.41) is 5.51. The maximum absolute atomic E-state index is 9.61. The molecule has 7 heavy (non-hydrogen) atoms. The SMILES string of the molecule is N/N=N/N[N+](=O)[S-]. The molecule has 6 nitrogen and oxygen atoms in total. The lowest BCUT2D eigenvalue weighted by atomic mass is 12.4. The second kappa shape index (κ2) is 3.22. The fourth-order valence-electron chi connectivity index (χ4n) is 0.0623. The van der Waals surface area contributed by atoms with Gasteiger partial charge in [0.25, 0.3) is 0 Å². The van der Waals surface area contributed by atoms with Crippen molar-refractivity contribution in [1.82, 2.24) is 5.53 Å². The molecule has 0 unspecified atom stereocenters. The zero-order chi connectivity index (χ0) is 5.70. The quantitative estimate of drug-likeness (QED) is 0.161. The van der Waals surface area contributed by atoms with Crippen LogP contribution >= 0.6 is 0 Å². The second-order valence-corrected chi connectivity index (χ2v) is 0.904. The van der Waals surface area contributed by atoms with E-state index in [1.807, 2.05) is 0 Å². The Kier molecular flexibility index (Phi) is 2.77. The lowest BCUT2D eigenvalue weighted by molar-refractivity contribution is -0.444.